The molecule has 2 fully saturated rings. The van der Waals surface area contributed by atoms with Gasteiger partial charge in [-0.05, 0) is 75.6 Å². The number of rotatable bonds is 7. The van der Waals surface area contributed by atoms with Crippen molar-refractivity contribution in [1.82, 2.24) is 4.98 Å². The first-order valence-corrected chi connectivity index (χ1v) is 16.9. The van der Waals surface area contributed by atoms with Crippen LogP contribution in [-0.4, -0.2) is 26.1 Å². The second-order valence-electron chi connectivity index (χ2n) is 10.3. The number of hydrogen-bond acceptors (Lipinski definition) is 2. The van der Waals surface area contributed by atoms with Gasteiger partial charge < -0.3 is 4.98 Å². The van der Waals surface area contributed by atoms with Gasteiger partial charge in [-0.25, -0.2) is 9.79 Å². The molecule has 2 saturated carbocycles. The first-order valence-electron chi connectivity index (χ1n) is 13.1. The van der Waals surface area contributed by atoms with Crippen LogP contribution >= 0.6 is 15.0 Å². The molecule has 3 aromatic rings. The summed E-state index contributed by atoms with van der Waals surface area (Å²) in [5, 5.41) is 3.16. The van der Waals surface area contributed by atoms with Crippen LogP contribution in [0.25, 0.3) is 0 Å². The van der Waals surface area contributed by atoms with Crippen LogP contribution in [0.2, 0.25) is 0 Å². The van der Waals surface area contributed by atoms with Crippen molar-refractivity contribution in [1.29, 1.82) is 0 Å². The maximum absolute atomic E-state index is 12.5. The van der Waals surface area contributed by atoms with E-state index in [-0.39, 0.29) is 0 Å². The molecule has 1 heterocycles. The third-order valence-corrected chi connectivity index (χ3v) is 15.6. The normalized spacial score (nSPS) is 18.8. The predicted molar refractivity (Wildman–Crippen MR) is 148 cm³/mol. The van der Waals surface area contributed by atoms with Gasteiger partial charge >= 0.3 is 0 Å². The molecule has 0 spiro atoms. The number of aromatic nitrogens is 1. The van der Waals surface area contributed by atoms with Gasteiger partial charge in [0, 0.05) is 12.3 Å². The van der Waals surface area contributed by atoms with Crippen molar-refractivity contribution in [2.45, 2.75) is 81.7 Å². The first-order chi connectivity index (χ1) is 16.6. The minimum Gasteiger partial charge on any atom is -0.358 e. The van der Waals surface area contributed by atoms with Gasteiger partial charge in [0.15, 0.2) is 7.49 Å². The van der Waals surface area contributed by atoms with Crippen molar-refractivity contribution < 1.29 is 9.79 Å². The van der Waals surface area contributed by atoms with E-state index in [2.05, 4.69) is 41.5 Å². The van der Waals surface area contributed by atoms with Gasteiger partial charge in [-0.2, -0.15) is 0 Å². The van der Waals surface area contributed by atoms with Gasteiger partial charge in [0.25, 0.3) is 0 Å². The summed E-state index contributed by atoms with van der Waals surface area (Å²) < 4.78 is 0. The summed E-state index contributed by atoms with van der Waals surface area (Å²) in [5.74, 6) is 0. The van der Waals surface area contributed by atoms with Crippen LogP contribution in [0.1, 0.15) is 69.9 Å². The van der Waals surface area contributed by atoms with E-state index >= 15 is 0 Å². The van der Waals surface area contributed by atoms with Crippen LogP contribution in [0.4, 0.5) is 0 Å². The van der Waals surface area contributed by atoms with Crippen LogP contribution in [0, 0.1) is 0 Å². The second-order valence-corrected chi connectivity index (χ2v) is 16.6. The molecule has 5 rings (SSSR count). The first kappa shape index (κ1) is 24.2. The van der Waals surface area contributed by atoms with E-state index in [4.69, 9.17) is 0 Å². The summed E-state index contributed by atoms with van der Waals surface area (Å²) in [4.78, 5) is 28.2. The Morgan fingerprint density at radius 3 is 1.59 bits per heavy atom. The maximum Gasteiger partial charge on any atom is 0.212 e. The lowest BCUT2D eigenvalue weighted by atomic mass is 9.99. The van der Waals surface area contributed by atoms with Crippen molar-refractivity contribution in [2.75, 3.05) is 0 Å². The fourth-order valence-electron chi connectivity index (χ4n) is 6.32. The molecule has 2 aromatic carbocycles. The molecule has 3 nitrogen and oxygen atoms in total. The van der Waals surface area contributed by atoms with Crippen LogP contribution in [0.5, 0.6) is 0 Å². The van der Waals surface area contributed by atoms with E-state index in [1.165, 1.54) is 64.2 Å². The predicted octanol–water partition coefficient (Wildman–Crippen LogP) is 6.31. The summed E-state index contributed by atoms with van der Waals surface area (Å²) in [5.41, 5.74) is 1.94. The van der Waals surface area contributed by atoms with Gasteiger partial charge in [0.05, 0.1) is 5.69 Å². The Labute approximate surface area is 205 Å². The van der Waals surface area contributed by atoms with E-state index < -0.39 is 15.0 Å². The molecule has 0 bridgehead atoms. The molecule has 1 aromatic heterocycles. The molecular formula is C29H39NO2P2+2. The Bertz CT molecular complexity index is 983. The van der Waals surface area contributed by atoms with E-state index in [1.807, 2.05) is 36.4 Å². The maximum atomic E-state index is 12.5. The van der Waals surface area contributed by atoms with Crippen LogP contribution in [0.3, 0.4) is 0 Å². The standard InChI is InChI=1S/C29H39NO2P2/c31-33(25-13-5-1-6-14-25,26-15-7-2-8-16-26)23-24-21-29(22-30-24)34(32,27-17-9-3-10-18-27)28-19-11-4-12-20-28/h1-2,5-8,13-16,21-22,27-28,30-32H,3-4,9-12,17-20,23H2/q+2. The van der Waals surface area contributed by atoms with Crippen molar-refractivity contribution in [3.63, 3.8) is 0 Å². The zero-order chi connectivity index (χ0) is 23.4. The van der Waals surface area contributed by atoms with Gasteiger partial charge in [0.2, 0.25) is 7.49 Å². The highest BCUT2D eigenvalue weighted by Gasteiger charge is 2.54. The van der Waals surface area contributed by atoms with Gasteiger partial charge in [0.1, 0.15) is 33.4 Å². The number of aromatic amines is 1. The Balaban J connectivity index is 1.49. The lowest BCUT2D eigenvalue weighted by Gasteiger charge is -2.37. The largest absolute Gasteiger partial charge is 0.358 e. The SMILES string of the molecule is O[P+](Cc1cc([P+](O)(C2CCCCC2)C2CCCCC2)c[nH]1)(c1ccccc1)c1ccccc1. The molecule has 2 aliphatic rings. The van der Waals surface area contributed by atoms with Gasteiger partial charge in [-0.1, -0.05) is 49.2 Å². The topological polar surface area (TPSA) is 56.2 Å². The second kappa shape index (κ2) is 10.6. The summed E-state index contributed by atoms with van der Waals surface area (Å²) in [7, 11) is -4.86. The molecule has 0 unspecified atom stereocenters. The third-order valence-electron chi connectivity index (χ3n) is 8.17. The molecule has 0 amide bonds. The monoisotopic (exact) mass is 495 g/mol. The average molecular weight is 496 g/mol. The van der Waals surface area contributed by atoms with Crippen LogP contribution in [0.15, 0.2) is 72.9 Å². The van der Waals surface area contributed by atoms with Crippen molar-refractivity contribution in [3.8, 4) is 0 Å². The molecule has 34 heavy (non-hydrogen) atoms. The molecule has 5 heteroatoms. The zero-order valence-corrected chi connectivity index (χ0v) is 21.9. The smallest absolute Gasteiger partial charge is 0.212 e. The quantitative estimate of drug-likeness (QED) is 0.337. The fraction of sp³-hybridized carbons (Fsp3) is 0.448. The van der Waals surface area contributed by atoms with Gasteiger partial charge in [-0.3, -0.25) is 0 Å². The molecule has 2 aliphatic carbocycles. The Morgan fingerprint density at radius 1 is 0.647 bits per heavy atom. The molecule has 0 atom stereocenters. The summed E-state index contributed by atoms with van der Waals surface area (Å²) in [6.45, 7) is 0. The number of hydrogen-bond donors (Lipinski definition) is 3. The lowest BCUT2D eigenvalue weighted by Crippen LogP contribution is -2.33. The summed E-state index contributed by atoms with van der Waals surface area (Å²) in [6, 6.07) is 22.5. The third kappa shape index (κ3) is 4.78. The Morgan fingerprint density at radius 2 is 1.12 bits per heavy atom. The highest BCUT2D eigenvalue weighted by atomic mass is 31.2. The fourth-order valence-corrected chi connectivity index (χ4v) is 13.4. The number of nitrogens with one attached hydrogen (secondary N) is 1. The van der Waals surface area contributed by atoms with Crippen molar-refractivity contribution >= 4 is 30.9 Å². The molecular weight excluding hydrogens is 456 g/mol. The highest BCUT2D eigenvalue weighted by Crippen LogP contribution is 2.68. The molecule has 0 aliphatic heterocycles. The molecule has 180 valence electrons. The molecule has 0 radical (unpaired) electrons. The molecule has 0 saturated heterocycles. The minimum atomic E-state index is -2.60. The molecule has 3 N–H and O–H groups in total. The van der Waals surface area contributed by atoms with E-state index in [0.717, 1.165) is 21.6 Å². The van der Waals surface area contributed by atoms with Crippen LogP contribution < -0.4 is 15.9 Å². The van der Waals surface area contributed by atoms with E-state index in [0.29, 0.717) is 17.5 Å². The van der Waals surface area contributed by atoms with E-state index in [1.54, 1.807) is 0 Å². The van der Waals surface area contributed by atoms with Gasteiger partial charge in [-0.15, -0.1) is 0 Å². The van der Waals surface area contributed by atoms with Crippen molar-refractivity contribution in [3.05, 3.63) is 78.6 Å². The number of H-pyrrole nitrogens is 1. The van der Waals surface area contributed by atoms with Crippen LogP contribution in [-0.2, 0) is 6.16 Å². The average Bonchev–Trinajstić information content (AvgIpc) is 3.39. The Kier molecular flexibility index (Phi) is 7.57. The Hall–Kier alpha value is -1.50. The summed E-state index contributed by atoms with van der Waals surface area (Å²) >= 11 is 0. The summed E-state index contributed by atoms with van der Waals surface area (Å²) in [6.07, 6.45) is 15.0. The number of benzene rings is 2. The minimum absolute atomic E-state index is 0.449. The van der Waals surface area contributed by atoms with E-state index in [9.17, 15) is 9.79 Å². The highest BCUT2D eigenvalue weighted by molar-refractivity contribution is 7.84. The zero-order valence-electron chi connectivity index (χ0n) is 20.1. The lowest BCUT2D eigenvalue weighted by molar-refractivity contribution is 0.439. The van der Waals surface area contributed by atoms with Crippen molar-refractivity contribution in [2.24, 2.45) is 0 Å².